The van der Waals surface area contributed by atoms with Gasteiger partial charge < -0.3 is 19.1 Å². The van der Waals surface area contributed by atoms with Gasteiger partial charge in [-0.1, -0.05) is 36.4 Å². The lowest BCUT2D eigenvalue weighted by molar-refractivity contribution is -0.135. The number of likely N-dealkylation sites (N-methyl/N-ethyl adjacent to an activating group) is 1. The molecule has 0 aromatic heterocycles. The van der Waals surface area contributed by atoms with Crippen LogP contribution in [0.2, 0.25) is 0 Å². The van der Waals surface area contributed by atoms with E-state index in [2.05, 4.69) is 4.99 Å². The molecule has 1 heterocycles. The van der Waals surface area contributed by atoms with Crippen molar-refractivity contribution < 1.29 is 23.8 Å². The highest BCUT2D eigenvalue weighted by molar-refractivity contribution is 6.13. The third-order valence-corrected chi connectivity index (χ3v) is 5.28. The van der Waals surface area contributed by atoms with Gasteiger partial charge in [0.15, 0.2) is 23.3 Å². The van der Waals surface area contributed by atoms with E-state index in [1.165, 1.54) is 4.90 Å². The Morgan fingerprint density at radius 2 is 1.82 bits per heavy atom. The second-order valence-corrected chi connectivity index (χ2v) is 8.03. The molecular weight excluding hydrogens is 432 g/mol. The second-order valence-electron chi connectivity index (χ2n) is 8.03. The summed E-state index contributed by atoms with van der Waals surface area (Å²) in [7, 11) is 3.35. The van der Waals surface area contributed by atoms with E-state index in [1.807, 2.05) is 49.4 Å². The van der Waals surface area contributed by atoms with E-state index in [9.17, 15) is 9.59 Å². The molecule has 34 heavy (non-hydrogen) atoms. The van der Waals surface area contributed by atoms with Gasteiger partial charge >= 0.3 is 5.97 Å². The summed E-state index contributed by atoms with van der Waals surface area (Å²) in [6.07, 6.45) is 0.967. The highest BCUT2D eigenvalue weighted by Gasteiger charge is 2.25. The summed E-state index contributed by atoms with van der Waals surface area (Å²) in [5.41, 5.74) is 1.61. The summed E-state index contributed by atoms with van der Waals surface area (Å²) in [5.74, 6) is 0.508. The third kappa shape index (κ3) is 4.93. The first-order valence-corrected chi connectivity index (χ1v) is 11.0. The van der Waals surface area contributed by atoms with Gasteiger partial charge in [0.1, 0.15) is 0 Å². The van der Waals surface area contributed by atoms with Gasteiger partial charge in [0.25, 0.3) is 5.91 Å². The maximum absolute atomic E-state index is 12.5. The Kier molecular flexibility index (Phi) is 6.63. The topological polar surface area (TPSA) is 77.4 Å². The Balaban J connectivity index is 1.60. The van der Waals surface area contributed by atoms with Gasteiger partial charge in [-0.05, 0) is 60.5 Å². The quantitative estimate of drug-likeness (QED) is 0.386. The molecule has 4 rings (SSSR count). The van der Waals surface area contributed by atoms with E-state index in [-0.39, 0.29) is 17.5 Å². The minimum absolute atomic E-state index is 0.155. The summed E-state index contributed by atoms with van der Waals surface area (Å²) in [6, 6.07) is 19.0. The molecular formula is C27H26N2O5. The van der Waals surface area contributed by atoms with E-state index in [1.54, 1.807) is 45.3 Å². The molecule has 1 aliphatic rings. The van der Waals surface area contributed by atoms with Crippen molar-refractivity contribution in [3.05, 3.63) is 77.5 Å². The van der Waals surface area contributed by atoms with Crippen molar-refractivity contribution in [2.24, 2.45) is 4.99 Å². The van der Waals surface area contributed by atoms with Crippen LogP contribution in [0, 0.1) is 0 Å². The largest absolute Gasteiger partial charge is 0.490 e. The number of benzene rings is 3. The number of carbonyl (C=O) groups is 2. The lowest BCUT2D eigenvalue weighted by Gasteiger charge is -2.20. The summed E-state index contributed by atoms with van der Waals surface area (Å²) in [4.78, 5) is 30.5. The van der Waals surface area contributed by atoms with Crippen LogP contribution in [0.25, 0.3) is 16.8 Å². The number of rotatable bonds is 7. The molecule has 0 spiro atoms. The van der Waals surface area contributed by atoms with Crippen LogP contribution in [0.1, 0.15) is 25.0 Å². The summed E-state index contributed by atoms with van der Waals surface area (Å²) in [5, 5.41) is 2.13. The second kappa shape index (κ2) is 9.79. The van der Waals surface area contributed by atoms with E-state index in [4.69, 9.17) is 14.2 Å². The van der Waals surface area contributed by atoms with E-state index >= 15 is 0 Å². The molecule has 174 valence electrons. The molecule has 0 bridgehead atoms. The molecule has 7 nitrogen and oxygen atoms in total. The van der Waals surface area contributed by atoms with Crippen molar-refractivity contribution in [2.45, 2.75) is 20.0 Å². The fourth-order valence-electron chi connectivity index (χ4n) is 3.60. The van der Waals surface area contributed by atoms with Crippen LogP contribution in [-0.2, 0) is 14.3 Å². The van der Waals surface area contributed by atoms with Gasteiger partial charge in [-0.15, -0.1) is 0 Å². The molecule has 0 saturated heterocycles. The number of carbonyl (C=O) groups excluding carboxylic acids is 2. The predicted octanol–water partition coefficient (Wildman–Crippen LogP) is 4.44. The minimum atomic E-state index is -0.669. The van der Waals surface area contributed by atoms with Gasteiger partial charge in [0.2, 0.25) is 5.90 Å². The van der Waals surface area contributed by atoms with E-state index < -0.39 is 12.1 Å². The number of aliphatic imine (C=N–C) groups is 1. The first-order valence-electron chi connectivity index (χ1n) is 11.0. The van der Waals surface area contributed by atoms with Crippen LogP contribution in [0.4, 0.5) is 0 Å². The van der Waals surface area contributed by atoms with Crippen molar-refractivity contribution in [3.63, 3.8) is 0 Å². The lowest BCUT2D eigenvalue weighted by Crippen LogP contribution is -2.35. The molecule has 0 N–H and O–H groups in total. The number of ether oxygens (including phenoxy) is 3. The number of amides is 1. The first-order chi connectivity index (χ1) is 16.4. The Hall–Kier alpha value is -4.13. The first kappa shape index (κ1) is 23.0. The van der Waals surface area contributed by atoms with Gasteiger partial charge in [0.05, 0.1) is 6.61 Å². The highest BCUT2D eigenvalue weighted by atomic mass is 16.6. The minimum Gasteiger partial charge on any atom is -0.490 e. The van der Waals surface area contributed by atoms with Crippen LogP contribution in [0.5, 0.6) is 11.5 Å². The number of nitrogens with zero attached hydrogens (tertiary/aromatic N) is 2. The number of hydrogen-bond acceptors (Lipinski definition) is 6. The SMILES string of the molecule is CCOc1cc(/C=C2\N=C(c3ccc4ccccc4c3)OC2=O)ccc1OC(C)C(=O)N(C)C. The fraction of sp³-hybridized carbons (Fsp3) is 0.222. The number of esters is 1. The highest BCUT2D eigenvalue weighted by Crippen LogP contribution is 2.31. The normalized spacial score (nSPS) is 15.1. The Bertz CT molecular complexity index is 1310. The van der Waals surface area contributed by atoms with Gasteiger partial charge in [-0.2, -0.15) is 0 Å². The standard InChI is InChI=1S/C27H26N2O5/c1-5-32-24-15-18(10-13-23(24)33-17(2)26(30)29(3)4)14-22-27(31)34-25(28-22)21-12-11-19-8-6-7-9-20(19)16-21/h6-17H,5H2,1-4H3/b22-14-. The molecule has 1 aliphatic heterocycles. The lowest BCUT2D eigenvalue weighted by atomic mass is 10.1. The molecule has 1 amide bonds. The van der Waals surface area contributed by atoms with Crippen molar-refractivity contribution in [2.75, 3.05) is 20.7 Å². The van der Waals surface area contributed by atoms with Crippen molar-refractivity contribution in [1.82, 2.24) is 4.90 Å². The van der Waals surface area contributed by atoms with Crippen LogP contribution < -0.4 is 9.47 Å². The molecule has 3 aromatic carbocycles. The molecule has 0 aliphatic carbocycles. The summed E-state index contributed by atoms with van der Waals surface area (Å²) in [6.45, 7) is 3.96. The predicted molar refractivity (Wildman–Crippen MR) is 131 cm³/mol. The number of fused-ring (bicyclic) bond motifs is 1. The maximum Gasteiger partial charge on any atom is 0.363 e. The van der Waals surface area contributed by atoms with Crippen LogP contribution in [0.15, 0.2) is 71.4 Å². The Morgan fingerprint density at radius 1 is 1.06 bits per heavy atom. The molecule has 3 aromatic rings. The molecule has 1 atom stereocenters. The zero-order chi connectivity index (χ0) is 24.2. The zero-order valence-electron chi connectivity index (χ0n) is 19.6. The number of cyclic esters (lactones) is 1. The van der Waals surface area contributed by atoms with Crippen LogP contribution >= 0.6 is 0 Å². The van der Waals surface area contributed by atoms with Gasteiger partial charge in [-0.3, -0.25) is 4.79 Å². The van der Waals surface area contributed by atoms with E-state index in [0.29, 0.717) is 23.7 Å². The average molecular weight is 459 g/mol. The monoisotopic (exact) mass is 458 g/mol. The molecule has 0 radical (unpaired) electrons. The summed E-state index contributed by atoms with van der Waals surface area (Å²) < 4.78 is 17.0. The van der Waals surface area contributed by atoms with Crippen molar-refractivity contribution in [1.29, 1.82) is 0 Å². The maximum atomic E-state index is 12.5. The van der Waals surface area contributed by atoms with Crippen molar-refractivity contribution in [3.8, 4) is 11.5 Å². The number of hydrogen-bond donors (Lipinski definition) is 0. The average Bonchev–Trinajstić information content (AvgIpc) is 3.19. The summed E-state index contributed by atoms with van der Waals surface area (Å²) >= 11 is 0. The molecule has 1 unspecified atom stereocenters. The fourth-order valence-corrected chi connectivity index (χ4v) is 3.60. The molecule has 0 fully saturated rings. The van der Waals surface area contributed by atoms with Gasteiger partial charge in [0, 0.05) is 19.7 Å². The third-order valence-electron chi connectivity index (χ3n) is 5.28. The molecule has 0 saturated carbocycles. The van der Waals surface area contributed by atoms with Gasteiger partial charge in [-0.25, -0.2) is 9.79 Å². The Labute approximate surface area is 198 Å². The van der Waals surface area contributed by atoms with Crippen LogP contribution in [0.3, 0.4) is 0 Å². The zero-order valence-corrected chi connectivity index (χ0v) is 19.6. The Morgan fingerprint density at radius 3 is 2.56 bits per heavy atom. The van der Waals surface area contributed by atoms with Crippen LogP contribution in [-0.4, -0.2) is 49.5 Å². The smallest absolute Gasteiger partial charge is 0.363 e. The molecule has 7 heteroatoms. The van der Waals surface area contributed by atoms with E-state index in [0.717, 1.165) is 16.3 Å². The van der Waals surface area contributed by atoms with Crippen molar-refractivity contribution >= 4 is 34.6 Å².